The molecule has 0 atom stereocenters. The third-order valence-corrected chi connectivity index (χ3v) is 2.69. The summed E-state index contributed by atoms with van der Waals surface area (Å²) in [5.74, 6) is 0. The van der Waals surface area contributed by atoms with E-state index in [1.54, 1.807) is 6.07 Å². The average Bonchev–Trinajstić information content (AvgIpc) is 2.21. The molecule has 0 fully saturated rings. The Morgan fingerprint density at radius 3 is 2.67 bits per heavy atom. The number of hydrogen-bond donors (Lipinski definition) is 1. The Kier molecular flexibility index (Phi) is 5.32. The molecule has 3 nitrogen and oxygen atoms in total. The van der Waals surface area contributed by atoms with Gasteiger partial charge >= 0.3 is 0 Å². The number of nitrogens with zero attached hydrogens (tertiary/aromatic N) is 2. The first kappa shape index (κ1) is 12.7. The second-order valence-corrected chi connectivity index (χ2v) is 3.92. The predicted molar refractivity (Wildman–Crippen MR) is 62.3 cm³/mol. The topological polar surface area (TPSA) is 36.4 Å². The Balaban J connectivity index is 2.70. The fourth-order valence-electron chi connectivity index (χ4n) is 1.29. The molecule has 0 radical (unpaired) electrons. The number of aliphatic hydroxyl groups is 1. The minimum atomic E-state index is 0.145. The van der Waals surface area contributed by atoms with Crippen LogP contribution < -0.4 is 0 Å². The van der Waals surface area contributed by atoms with Crippen molar-refractivity contribution in [2.24, 2.45) is 0 Å². The van der Waals surface area contributed by atoms with Crippen molar-refractivity contribution in [1.29, 1.82) is 0 Å². The lowest BCUT2D eigenvalue weighted by atomic mass is 10.2. The number of aromatic nitrogens is 1. The summed E-state index contributed by atoms with van der Waals surface area (Å²) in [6, 6.07) is 3.58. The number of pyridine rings is 1. The van der Waals surface area contributed by atoms with Gasteiger partial charge in [0.05, 0.1) is 6.61 Å². The number of hydrogen-bond acceptors (Lipinski definition) is 3. The van der Waals surface area contributed by atoms with Crippen LogP contribution in [0.5, 0.6) is 0 Å². The lowest BCUT2D eigenvalue weighted by Crippen LogP contribution is -2.26. The second kappa shape index (κ2) is 6.28. The van der Waals surface area contributed by atoms with Gasteiger partial charge in [0.2, 0.25) is 0 Å². The van der Waals surface area contributed by atoms with Crippen LogP contribution in [0.1, 0.15) is 12.5 Å². The van der Waals surface area contributed by atoms with Gasteiger partial charge in [0.1, 0.15) is 10.3 Å². The van der Waals surface area contributed by atoms with Crippen molar-refractivity contribution in [2.75, 3.05) is 19.7 Å². The van der Waals surface area contributed by atoms with Gasteiger partial charge in [-0.3, -0.25) is 4.90 Å². The molecule has 1 heterocycles. The molecule has 1 aromatic rings. The molecule has 0 amide bonds. The van der Waals surface area contributed by atoms with Crippen molar-refractivity contribution in [3.05, 3.63) is 28.0 Å². The highest BCUT2D eigenvalue weighted by Gasteiger charge is 2.07. The predicted octanol–water partition coefficient (Wildman–Crippen LogP) is 2.20. The van der Waals surface area contributed by atoms with Crippen molar-refractivity contribution in [3.8, 4) is 0 Å². The molecule has 5 heteroatoms. The molecule has 1 aromatic heterocycles. The van der Waals surface area contributed by atoms with Crippen LogP contribution in [0.2, 0.25) is 10.3 Å². The Morgan fingerprint density at radius 1 is 1.40 bits per heavy atom. The molecule has 1 N–H and O–H groups in total. The fourth-order valence-corrected chi connectivity index (χ4v) is 1.69. The summed E-state index contributed by atoms with van der Waals surface area (Å²) < 4.78 is 0. The molecule has 0 unspecified atom stereocenters. The van der Waals surface area contributed by atoms with E-state index in [4.69, 9.17) is 28.3 Å². The molecule has 0 aromatic carbocycles. The third kappa shape index (κ3) is 3.95. The molecule has 0 aliphatic carbocycles. The Labute approximate surface area is 99.6 Å². The van der Waals surface area contributed by atoms with E-state index in [9.17, 15) is 0 Å². The zero-order chi connectivity index (χ0) is 11.3. The molecule has 0 spiro atoms. The third-order valence-electron chi connectivity index (χ3n) is 2.15. The molecular weight excluding hydrogens is 235 g/mol. The molecule has 0 saturated heterocycles. The van der Waals surface area contributed by atoms with Crippen LogP contribution in [-0.2, 0) is 6.54 Å². The van der Waals surface area contributed by atoms with E-state index in [-0.39, 0.29) is 6.61 Å². The lowest BCUT2D eigenvalue weighted by molar-refractivity contribution is 0.196. The molecule has 0 bridgehead atoms. The molecule has 0 aliphatic heterocycles. The normalized spacial score (nSPS) is 11.0. The maximum Gasteiger partial charge on any atom is 0.135 e. The van der Waals surface area contributed by atoms with Crippen LogP contribution in [0.4, 0.5) is 0 Å². The van der Waals surface area contributed by atoms with Crippen molar-refractivity contribution in [1.82, 2.24) is 9.88 Å². The molecule has 1 rings (SSSR count). The zero-order valence-electron chi connectivity index (χ0n) is 8.58. The van der Waals surface area contributed by atoms with Gasteiger partial charge < -0.3 is 5.11 Å². The summed E-state index contributed by atoms with van der Waals surface area (Å²) in [6.07, 6.45) is 0. The number of likely N-dealkylation sites (N-methyl/N-ethyl adjacent to an activating group) is 1. The molecule has 0 saturated carbocycles. The molecular formula is C10H14Cl2N2O. The van der Waals surface area contributed by atoms with E-state index in [1.807, 2.05) is 13.0 Å². The van der Waals surface area contributed by atoms with E-state index >= 15 is 0 Å². The quantitative estimate of drug-likeness (QED) is 0.813. The van der Waals surface area contributed by atoms with E-state index in [1.165, 1.54) is 0 Å². The summed E-state index contributed by atoms with van der Waals surface area (Å²) >= 11 is 11.6. The van der Waals surface area contributed by atoms with Gasteiger partial charge in [-0.15, -0.1) is 0 Å². The van der Waals surface area contributed by atoms with Crippen molar-refractivity contribution >= 4 is 23.2 Å². The van der Waals surface area contributed by atoms with Crippen LogP contribution >= 0.6 is 23.2 Å². The van der Waals surface area contributed by atoms with Crippen LogP contribution in [0.3, 0.4) is 0 Å². The van der Waals surface area contributed by atoms with Gasteiger partial charge in [-0.05, 0) is 12.6 Å². The zero-order valence-corrected chi connectivity index (χ0v) is 10.1. The molecule has 15 heavy (non-hydrogen) atoms. The number of halogens is 2. The standard InChI is InChI=1S/C10H14Cl2N2O/c1-2-14(5-6-15)7-8-3-4-9(11)13-10(8)12/h3-4,15H,2,5-7H2,1H3. The van der Waals surface area contributed by atoms with Crippen LogP contribution in [0.15, 0.2) is 12.1 Å². The van der Waals surface area contributed by atoms with Gasteiger partial charge in [-0.1, -0.05) is 36.2 Å². The monoisotopic (exact) mass is 248 g/mol. The average molecular weight is 249 g/mol. The Morgan fingerprint density at radius 2 is 2.13 bits per heavy atom. The first-order valence-electron chi connectivity index (χ1n) is 4.81. The van der Waals surface area contributed by atoms with Gasteiger partial charge in [0, 0.05) is 18.7 Å². The largest absolute Gasteiger partial charge is 0.395 e. The first-order chi connectivity index (χ1) is 7.17. The summed E-state index contributed by atoms with van der Waals surface area (Å²) in [6.45, 7) is 4.36. The summed E-state index contributed by atoms with van der Waals surface area (Å²) in [5, 5.41) is 9.67. The van der Waals surface area contributed by atoms with E-state index in [2.05, 4.69) is 9.88 Å². The fraction of sp³-hybridized carbons (Fsp3) is 0.500. The van der Waals surface area contributed by atoms with Crippen molar-refractivity contribution in [3.63, 3.8) is 0 Å². The van der Waals surface area contributed by atoms with Crippen molar-refractivity contribution < 1.29 is 5.11 Å². The highest BCUT2D eigenvalue weighted by molar-refractivity contribution is 6.32. The highest BCUT2D eigenvalue weighted by atomic mass is 35.5. The van der Waals surface area contributed by atoms with Gasteiger partial charge in [-0.25, -0.2) is 4.98 Å². The minimum Gasteiger partial charge on any atom is -0.395 e. The van der Waals surface area contributed by atoms with E-state index < -0.39 is 0 Å². The number of rotatable bonds is 5. The second-order valence-electron chi connectivity index (χ2n) is 3.18. The van der Waals surface area contributed by atoms with Crippen molar-refractivity contribution in [2.45, 2.75) is 13.5 Å². The Hall–Kier alpha value is -0.350. The van der Waals surface area contributed by atoms with E-state index in [0.29, 0.717) is 23.4 Å². The van der Waals surface area contributed by atoms with Crippen LogP contribution in [-0.4, -0.2) is 34.7 Å². The smallest absolute Gasteiger partial charge is 0.135 e. The molecule has 0 aliphatic rings. The van der Waals surface area contributed by atoms with E-state index in [0.717, 1.165) is 12.1 Å². The number of aliphatic hydroxyl groups excluding tert-OH is 1. The van der Waals surface area contributed by atoms with Gasteiger partial charge in [0.15, 0.2) is 0 Å². The minimum absolute atomic E-state index is 0.145. The van der Waals surface area contributed by atoms with Crippen LogP contribution in [0, 0.1) is 0 Å². The highest BCUT2D eigenvalue weighted by Crippen LogP contribution is 2.18. The Bertz CT molecular complexity index is 320. The summed E-state index contributed by atoms with van der Waals surface area (Å²) in [5.41, 5.74) is 0.927. The first-order valence-corrected chi connectivity index (χ1v) is 5.57. The summed E-state index contributed by atoms with van der Waals surface area (Å²) in [4.78, 5) is 6.04. The maximum atomic E-state index is 8.85. The summed E-state index contributed by atoms with van der Waals surface area (Å²) in [7, 11) is 0. The van der Waals surface area contributed by atoms with Gasteiger partial charge in [-0.2, -0.15) is 0 Å². The lowest BCUT2D eigenvalue weighted by Gasteiger charge is -2.19. The molecule has 84 valence electrons. The SMILES string of the molecule is CCN(CCO)Cc1ccc(Cl)nc1Cl. The van der Waals surface area contributed by atoms with Gasteiger partial charge in [0.25, 0.3) is 0 Å². The van der Waals surface area contributed by atoms with Crippen LogP contribution in [0.25, 0.3) is 0 Å². The maximum absolute atomic E-state index is 8.85.